The van der Waals surface area contributed by atoms with Crippen molar-refractivity contribution in [1.82, 2.24) is 19.8 Å². The van der Waals surface area contributed by atoms with Gasteiger partial charge < -0.3 is 4.90 Å². The van der Waals surface area contributed by atoms with Gasteiger partial charge in [-0.1, -0.05) is 18.2 Å². The fourth-order valence-corrected chi connectivity index (χ4v) is 4.04. The first-order chi connectivity index (χ1) is 12.0. The standard InChI is InChI=1S/C16H18N4O4S/c21-15-7-6-14(17-18-15)16(22)20-10-8-12(9-11-20)19-25(23,24)13-4-2-1-3-5-13/h1-7,12,19H,8-11H2,(H,18,21). The predicted molar refractivity (Wildman–Crippen MR) is 90.5 cm³/mol. The number of carbonyl (C=O) groups is 1. The highest BCUT2D eigenvalue weighted by atomic mass is 32.2. The maximum absolute atomic E-state index is 12.3. The highest BCUT2D eigenvalue weighted by Crippen LogP contribution is 2.16. The van der Waals surface area contributed by atoms with E-state index in [9.17, 15) is 18.0 Å². The molecule has 25 heavy (non-hydrogen) atoms. The highest BCUT2D eigenvalue weighted by molar-refractivity contribution is 7.89. The number of benzene rings is 1. The van der Waals surface area contributed by atoms with E-state index in [1.165, 1.54) is 12.1 Å². The second-order valence-electron chi connectivity index (χ2n) is 5.81. The van der Waals surface area contributed by atoms with Crippen molar-refractivity contribution in [3.8, 4) is 0 Å². The zero-order valence-electron chi connectivity index (χ0n) is 13.4. The van der Waals surface area contributed by atoms with E-state index in [1.54, 1.807) is 35.2 Å². The Hall–Kier alpha value is -2.52. The minimum atomic E-state index is -3.56. The van der Waals surface area contributed by atoms with Gasteiger partial charge >= 0.3 is 0 Å². The first kappa shape index (κ1) is 17.3. The lowest BCUT2D eigenvalue weighted by Crippen LogP contribution is -2.46. The molecule has 2 N–H and O–H groups in total. The van der Waals surface area contributed by atoms with Crippen molar-refractivity contribution in [3.63, 3.8) is 0 Å². The van der Waals surface area contributed by atoms with Crippen LogP contribution in [-0.4, -0.2) is 48.6 Å². The van der Waals surface area contributed by atoms with Crippen LogP contribution in [-0.2, 0) is 10.0 Å². The van der Waals surface area contributed by atoms with Crippen molar-refractivity contribution < 1.29 is 13.2 Å². The molecule has 0 spiro atoms. The monoisotopic (exact) mass is 362 g/mol. The third kappa shape index (κ3) is 4.12. The van der Waals surface area contributed by atoms with Gasteiger partial charge in [0.25, 0.3) is 11.5 Å². The molecular formula is C16H18N4O4S. The Labute approximate surface area is 144 Å². The van der Waals surface area contributed by atoms with Crippen LogP contribution in [0.25, 0.3) is 0 Å². The topological polar surface area (TPSA) is 112 Å². The number of aromatic amines is 1. The van der Waals surface area contributed by atoms with Crippen LogP contribution >= 0.6 is 0 Å². The van der Waals surface area contributed by atoms with E-state index in [0.29, 0.717) is 25.9 Å². The molecule has 1 amide bonds. The molecule has 1 aromatic carbocycles. The molecule has 8 nitrogen and oxygen atoms in total. The zero-order chi connectivity index (χ0) is 17.9. The maximum Gasteiger partial charge on any atom is 0.274 e. The largest absolute Gasteiger partial charge is 0.337 e. The Bertz CT molecular complexity index is 883. The van der Waals surface area contributed by atoms with Gasteiger partial charge in [0.05, 0.1) is 4.90 Å². The molecule has 0 saturated carbocycles. The second-order valence-corrected chi connectivity index (χ2v) is 7.52. The summed E-state index contributed by atoms with van der Waals surface area (Å²) in [5, 5.41) is 5.96. The van der Waals surface area contributed by atoms with Gasteiger partial charge in [0.15, 0.2) is 0 Å². The minimum absolute atomic E-state index is 0.169. The van der Waals surface area contributed by atoms with E-state index in [-0.39, 0.29) is 28.1 Å². The van der Waals surface area contributed by atoms with Gasteiger partial charge in [0, 0.05) is 25.2 Å². The first-order valence-corrected chi connectivity index (χ1v) is 9.36. The quantitative estimate of drug-likeness (QED) is 0.815. The number of piperidine rings is 1. The van der Waals surface area contributed by atoms with Gasteiger partial charge in [-0.25, -0.2) is 18.2 Å². The van der Waals surface area contributed by atoms with Crippen molar-refractivity contribution in [2.75, 3.05) is 13.1 Å². The van der Waals surface area contributed by atoms with E-state index in [1.807, 2.05) is 0 Å². The third-order valence-electron chi connectivity index (χ3n) is 4.06. The molecule has 0 atom stereocenters. The van der Waals surface area contributed by atoms with Crippen LogP contribution in [0, 0.1) is 0 Å². The van der Waals surface area contributed by atoms with E-state index in [2.05, 4.69) is 14.9 Å². The van der Waals surface area contributed by atoms with Gasteiger partial charge in [-0.2, -0.15) is 5.10 Å². The Morgan fingerprint density at radius 2 is 1.80 bits per heavy atom. The molecule has 2 aromatic rings. The zero-order valence-corrected chi connectivity index (χ0v) is 14.2. The molecule has 0 aliphatic carbocycles. The predicted octanol–water partition coefficient (Wildman–Crippen LogP) is 0.353. The number of sulfonamides is 1. The third-order valence-corrected chi connectivity index (χ3v) is 5.59. The summed E-state index contributed by atoms with van der Waals surface area (Å²) >= 11 is 0. The number of amides is 1. The summed E-state index contributed by atoms with van der Waals surface area (Å²) in [6.07, 6.45) is 1.03. The molecule has 0 radical (unpaired) electrons. The Kier molecular flexibility index (Phi) is 4.95. The van der Waals surface area contributed by atoms with Gasteiger partial charge in [-0.15, -0.1) is 0 Å². The molecule has 3 rings (SSSR count). The maximum atomic E-state index is 12.3. The number of likely N-dealkylation sites (tertiary alicyclic amines) is 1. The molecule has 0 bridgehead atoms. The Morgan fingerprint density at radius 1 is 1.12 bits per heavy atom. The number of aromatic nitrogens is 2. The average molecular weight is 362 g/mol. The van der Waals surface area contributed by atoms with Crippen LogP contribution in [0.4, 0.5) is 0 Å². The van der Waals surface area contributed by atoms with Crippen LogP contribution < -0.4 is 10.3 Å². The smallest absolute Gasteiger partial charge is 0.274 e. The molecule has 132 valence electrons. The van der Waals surface area contributed by atoms with E-state index in [4.69, 9.17) is 0 Å². The summed E-state index contributed by atoms with van der Waals surface area (Å²) in [7, 11) is -3.56. The van der Waals surface area contributed by atoms with Crippen LogP contribution in [0.2, 0.25) is 0 Å². The van der Waals surface area contributed by atoms with E-state index < -0.39 is 10.0 Å². The summed E-state index contributed by atoms with van der Waals surface area (Å²) in [6.45, 7) is 0.837. The normalized spacial score (nSPS) is 15.9. The number of nitrogens with zero attached hydrogens (tertiary/aromatic N) is 2. The summed E-state index contributed by atoms with van der Waals surface area (Å²) in [6, 6.07) is 10.6. The molecule has 1 aromatic heterocycles. The fourth-order valence-electron chi connectivity index (χ4n) is 2.71. The lowest BCUT2D eigenvalue weighted by atomic mass is 10.1. The summed E-state index contributed by atoms with van der Waals surface area (Å²) in [4.78, 5) is 25.2. The molecule has 0 unspecified atom stereocenters. The summed E-state index contributed by atoms with van der Waals surface area (Å²) in [5.74, 6) is -0.277. The van der Waals surface area contributed by atoms with Crippen LogP contribution in [0.1, 0.15) is 23.3 Å². The molecular weight excluding hydrogens is 344 g/mol. The van der Waals surface area contributed by atoms with Crippen molar-refractivity contribution in [2.45, 2.75) is 23.8 Å². The fraction of sp³-hybridized carbons (Fsp3) is 0.312. The molecule has 1 saturated heterocycles. The number of H-pyrrole nitrogens is 1. The lowest BCUT2D eigenvalue weighted by molar-refractivity contribution is 0.0704. The van der Waals surface area contributed by atoms with Crippen molar-refractivity contribution in [3.05, 3.63) is 58.5 Å². The van der Waals surface area contributed by atoms with Crippen LogP contribution in [0.15, 0.2) is 52.2 Å². The summed E-state index contributed by atoms with van der Waals surface area (Å²) in [5.41, 5.74) is -0.200. The number of carbonyl (C=O) groups excluding carboxylic acids is 1. The van der Waals surface area contributed by atoms with Crippen molar-refractivity contribution in [2.24, 2.45) is 0 Å². The van der Waals surface area contributed by atoms with Crippen LogP contribution in [0.3, 0.4) is 0 Å². The number of rotatable bonds is 4. The second kappa shape index (κ2) is 7.16. The Morgan fingerprint density at radius 3 is 2.40 bits per heavy atom. The molecule has 2 heterocycles. The SMILES string of the molecule is O=C(c1ccc(=O)[nH]n1)N1CCC(NS(=O)(=O)c2ccccc2)CC1. The number of nitrogens with one attached hydrogen (secondary N) is 2. The van der Waals surface area contributed by atoms with Gasteiger partial charge in [-0.3, -0.25) is 9.59 Å². The van der Waals surface area contributed by atoms with Gasteiger partial charge in [0.2, 0.25) is 10.0 Å². The van der Waals surface area contributed by atoms with Gasteiger partial charge in [-0.05, 0) is 31.0 Å². The van der Waals surface area contributed by atoms with E-state index >= 15 is 0 Å². The van der Waals surface area contributed by atoms with E-state index in [0.717, 1.165) is 0 Å². The lowest BCUT2D eigenvalue weighted by Gasteiger charge is -2.32. The summed E-state index contributed by atoms with van der Waals surface area (Å²) < 4.78 is 27.4. The molecule has 9 heteroatoms. The van der Waals surface area contributed by atoms with Crippen molar-refractivity contribution in [1.29, 1.82) is 0 Å². The highest BCUT2D eigenvalue weighted by Gasteiger charge is 2.27. The van der Waals surface area contributed by atoms with Crippen LogP contribution in [0.5, 0.6) is 0 Å². The number of hydrogen-bond acceptors (Lipinski definition) is 5. The molecule has 1 aliphatic rings. The number of hydrogen-bond donors (Lipinski definition) is 2. The van der Waals surface area contributed by atoms with Gasteiger partial charge in [0.1, 0.15) is 5.69 Å². The first-order valence-electron chi connectivity index (χ1n) is 7.88. The molecule has 1 fully saturated rings. The average Bonchev–Trinajstić information content (AvgIpc) is 2.63. The Balaban J connectivity index is 1.59. The molecule has 1 aliphatic heterocycles. The van der Waals surface area contributed by atoms with Crippen molar-refractivity contribution >= 4 is 15.9 Å². The minimum Gasteiger partial charge on any atom is -0.337 e.